The van der Waals surface area contributed by atoms with Gasteiger partial charge >= 0.3 is 6.09 Å². The van der Waals surface area contributed by atoms with Gasteiger partial charge in [0.25, 0.3) is 0 Å². The number of ether oxygens (including phenoxy) is 1. The van der Waals surface area contributed by atoms with Crippen molar-refractivity contribution in [2.45, 2.75) is 13.3 Å². The topological polar surface area (TPSA) is 29.5 Å². The zero-order chi connectivity index (χ0) is 7.28. The highest BCUT2D eigenvalue weighted by Gasteiger charge is 2.03. The lowest BCUT2D eigenvalue weighted by atomic mass is 10.5. The maximum atomic E-state index is 10.5. The van der Waals surface area contributed by atoms with Crippen molar-refractivity contribution in [2.24, 2.45) is 0 Å². The summed E-state index contributed by atoms with van der Waals surface area (Å²) in [5.74, 6) is 0. The minimum absolute atomic E-state index is 0.413. The summed E-state index contributed by atoms with van der Waals surface area (Å²) in [4.78, 5) is 10.5. The van der Waals surface area contributed by atoms with E-state index in [1.165, 1.54) is 0 Å². The van der Waals surface area contributed by atoms with Gasteiger partial charge in [-0.05, 0) is 32.1 Å². The minimum atomic E-state index is -0.538. The van der Waals surface area contributed by atoms with Gasteiger partial charge in [-0.3, -0.25) is 0 Å². The molecule has 0 aromatic rings. The second kappa shape index (κ2) is 4.81. The van der Waals surface area contributed by atoms with Crippen LogP contribution in [0.15, 0.2) is 0 Å². The van der Waals surface area contributed by atoms with Gasteiger partial charge < -0.3 is 4.74 Å². The molecule has 0 atom stereocenters. The Bertz CT molecular complexity index is 96.6. The van der Waals surface area contributed by atoms with Crippen LogP contribution in [0.1, 0.15) is 13.3 Å². The Balaban J connectivity index is 3.28. The molecule has 0 aliphatic heterocycles. The lowest BCUT2D eigenvalue weighted by Gasteiger charge is -2.06. The van der Waals surface area contributed by atoms with Crippen LogP contribution in [0, 0.1) is 0 Å². The standard InChI is InChI=1S/C4H9NO2S2/c1-2-3-7-4(6)5(8)9/h8-9H,2-3H2,1H3. The third-order valence-corrected chi connectivity index (χ3v) is 0.920. The van der Waals surface area contributed by atoms with Crippen LogP contribution >= 0.6 is 25.6 Å². The van der Waals surface area contributed by atoms with Crippen molar-refractivity contribution >= 4 is 31.7 Å². The van der Waals surface area contributed by atoms with Gasteiger partial charge in [-0.1, -0.05) is 6.92 Å². The van der Waals surface area contributed by atoms with Crippen LogP contribution in [0.2, 0.25) is 0 Å². The molecule has 0 radical (unpaired) electrons. The molecule has 0 aliphatic rings. The van der Waals surface area contributed by atoms with Crippen LogP contribution in [0.4, 0.5) is 4.79 Å². The maximum absolute atomic E-state index is 10.5. The molecule has 5 heteroatoms. The van der Waals surface area contributed by atoms with Crippen LogP contribution in [0.3, 0.4) is 0 Å². The summed E-state index contributed by atoms with van der Waals surface area (Å²) < 4.78 is 5.39. The largest absolute Gasteiger partial charge is 0.448 e. The van der Waals surface area contributed by atoms with E-state index in [0.29, 0.717) is 6.61 Å². The second-order valence-electron chi connectivity index (χ2n) is 1.40. The Hall–Kier alpha value is -0.0300. The third-order valence-electron chi connectivity index (χ3n) is 0.593. The normalized spacial score (nSPS) is 8.78. The van der Waals surface area contributed by atoms with E-state index in [9.17, 15) is 4.79 Å². The first kappa shape index (κ1) is 8.97. The molecule has 54 valence electrons. The quantitative estimate of drug-likeness (QED) is 0.611. The van der Waals surface area contributed by atoms with Crippen LogP contribution in [0.25, 0.3) is 0 Å². The van der Waals surface area contributed by atoms with E-state index >= 15 is 0 Å². The Morgan fingerprint density at radius 3 is 2.56 bits per heavy atom. The molecule has 0 N–H and O–H groups in total. The molecule has 0 rings (SSSR count). The average molecular weight is 167 g/mol. The Morgan fingerprint density at radius 2 is 2.22 bits per heavy atom. The fourth-order valence-electron chi connectivity index (χ4n) is 0.247. The molecule has 0 aromatic heterocycles. The number of rotatable bonds is 2. The van der Waals surface area contributed by atoms with E-state index in [0.717, 1.165) is 10.1 Å². The fourth-order valence-corrected chi connectivity index (χ4v) is 0.363. The number of amides is 1. The van der Waals surface area contributed by atoms with Gasteiger partial charge in [-0.15, -0.1) is 0 Å². The summed E-state index contributed by atoms with van der Waals surface area (Å²) >= 11 is 7.18. The number of nitrogens with zero attached hydrogens (tertiary/aromatic N) is 1. The van der Waals surface area contributed by atoms with Gasteiger partial charge in [-0.2, -0.15) is 3.71 Å². The molecule has 0 spiro atoms. The minimum Gasteiger partial charge on any atom is -0.448 e. The highest BCUT2D eigenvalue weighted by Crippen LogP contribution is 2.00. The first-order valence-electron chi connectivity index (χ1n) is 2.53. The molecular formula is C4H9NO2S2. The molecule has 9 heavy (non-hydrogen) atoms. The van der Waals surface area contributed by atoms with Gasteiger partial charge in [0.1, 0.15) is 0 Å². The predicted octanol–water partition coefficient (Wildman–Crippen LogP) is 1.52. The van der Waals surface area contributed by atoms with Crippen molar-refractivity contribution in [3.63, 3.8) is 0 Å². The van der Waals surface area contributed by atoms with Crippen LogP contribution in [-0.2, 0) is 4.74 Å². The van der Waals surface area contributed by atoms with Crippen molar-refractivity contribution in [1.29, 1.82) is 0 Å². The molecule has 0 saturated heterocycles. The van der Waals surface area contributed by atoms with Crippen molar-refractivity contribution in [2.75, 3.05) is 6.61 Å². The summed E-state index contributed by atoms with van der Waals surface area (Å²) in [6, 6.07) is 0. The van der Waals surface area contributed by atoms with E-state index < -0.39 is 6.09 Å². The monoisotopic (exact) mass is 167 g/mol. The first-order chi connectivity index (χ1) is 4.18. The molecule has 0 unspecified atom stereocenters. The maximum Gasteiger partial charge on any atom is 0.429 e. The van der Waals surface area contributed by atoms with E-state index in [4.69, 9.17) is 0 Å². The van der Waals surface area contributed by atoms with Gasteiger partial charge in [0, 0.05) is 0 Å². The average Bonchev–Trinajstić information content (AvgIpc) is 1.82. The highest BCUT2D eigenvalue weighted by molar-refractivity contribution is 7.94. The van der Waals surface area contributed by atoms with Crippen molar-refractivity contribution in [3.8, 4) is 0 Å². The Labute approximate surface area is 65.4 Å². The van der Waals surface area contributed by atoms with Gasteiger partial charge in [-0.25, -0.2) is 4.79 Å². The molecule has 0 bridgehead atoms. The second-order valence-corrected chi connectivity index (χ2v) is 2.52. The lowest BCUT2D eigenvalue weighted by molar-refractivity contribution is 0.143. The summed E-state index contributed by atoms with van der Waals surface area (Å²) in [5.41, 5.74) is 0. The zero-order valence-corrected chi connectivity index (χ0v) is 6.86. The first-order valence-corrected chi connectivity index (χ1v) is 3.33. The van der Waals surface area contributed by atoms with Gasteiger partial charge in [0.2, 0.25) is 0 Å². The van der Waals surface area contributed by atoms with Crippen LogP contribution in [0.5, 0.6) is 0 Å². The predicted molar refractivity (Wildman–Crippen MR) is 41.5 cm³/mol. The molecule has 0 fully saturated rings. The number of hydrogen-bond donors (Lipinski definition) is 2. The van der Waals surface area contributed by atoms with Gasteiger partial charge in [0.05, 0.1) is 6.61 Å². The summed E-state index contributed by atoms with van der Waals surface area (Å²) in [5, 5.41) is 0. The summed E-state index contributed by atoms with van der Waals surface area (Å²) in [6.45, 7) is 2.32. The smallest absolute Gasteiger partial charge is 0.429 e. The zero-order valence-electron chi connectivity index (χ0n) is 5.07. The van der Waals surface area contributed by atoms with Crippen LogP contribution < -0.4 is 0 Å². The van der Waals surface area contributed by atoms with E-state index in [1.54, 1.807) is 0 Å². The Kier molecular flexibility index (Phi) is 4.80. The molecule has 1 amide bonds. The molecule has 3 nitrogen and oxygen atoms in total. The fraction of sp³-hybridized carbons (Fsp3) is 0.750. The lowest BCUT2D eigenvalue weighted by Crippen LogP contribution is -2.13. The SMILES string of the molecule is CCCOC(=O)N(S)S. The molecule has 0 aromatic carbocycles. The number of carbonyl (C=O) groups is 1. The van der Waals surface area contributed by atoms with Crippen molar-refractivity contribution < 1.29 is 9.53 Å². The van der Waals surface area contributed by atoms with Crippen LogP contribution in [-0.4, -0.2) is 16.4 Å². The number of hydrogen-bond acceptors (Lipinski definition) is 4. The van der Waals surface area contributed by atoms with Crippen molar-refractivity contribution in [1.82, 2.24) is 3.71 Å². The van der Waals surface area contributed by atoms with Gasteiger partial charge in [0.15, 0.2) is 0 Å². The molecule has 0 saturated carbocycles. The molecule has 0 heterocycles. The van der Waals surface area contributed by atoms with E-state index in [-0.39, 0.29) is 0 Å². The number of thiol groups is 2. The summed E-state index contributed by atoms with van der Waals surface area (Å²) in [7, 11) is 0. The molecular weight excluding hydrogens is 158 g/mol. The Morgan fingerprint density at radius 1 is 1.67 bits per heavy atom. The van der Waals surface area contributed by atoms with E-state index in [1.807, 2.05) is 6.92 Å². The number of carbonyl (C=O) groups excluding carboxylic acids is 1. The third kappa shape index (κ3) is 4.47. The molecule has 0 aliphatic carbocycles. The highest BCUT2D eigenvalue weighted by atomic mass is 32.2. The van der Waals surface area contributed by atoms with Crippen molar-refractivity contribution in [3.05, 3.63) is 0 Å². The van der Waals surface area contributed by atoms with E-state index in [2.05, 4.69) is 30.4 Å². The summed E-state index contributed by atoms with van der Waals surface area (Å²) in [6.07, 6.45) is 0.268.